The maximum Gasteiger partial charge on any atom is 0.277 e. The fourth-order valence-electron chi connectivity index (χ4n) is 2.15. The van der Waals surface area contributed by atoms with E-state index in [1.54, 1.807) is 36.0 Å². The van der Waals surface area contributed by atoms with E-state index in [9.17, 15) is 9.18 Å². The molecule has 0 bridgehead atoms. The largest absolute Gasteiger partial charge is 0.296 e. The Morgan fingerprint density at radius 2 is 2.00 bits per heavy atom. The van der Waals surface area contributed by atoms with Crippen LogP contribution in [0.2, 0.25) is 0 Å². The number of amides is 1. The van der Waals surface area contributed by atoms with Crippen LogP contribution in [-0.2, 0) is 0 Å². The first kappa shape index (κ1) is 18.6. The SMILES string of the molecule is O=C(Nc1nccs1)c1nc(Sc2cnn[nH]2)ccc1Sc1ccc(F)cc1. The molecule has 0 saturated carbocycles. The van der Waals surface area contributed by atoms with Crippen LogP contribution in [0.5, 0.6) is 0 Å². The number of hydrogen-bond acceptors (Lipinski definition) is 8. The van der Waals surface area contributed by atoms with Crippen LogP contribution in [0, 0.1) is 5.82 Å². The van der Waals surface area contributed by atoms with Gasteiger partial charge in [-0.05, 0) is 48.2 Å². The van der Waals surface area contributed by atoms with E-state index >= 15 is 0 Å². The van der Waals surface area contributed by atoms with E-state index in [2.05, 4.69) is 30.7 Å². The first-order chi connectivity index (χ1) is 13.7. The minimum Gasteiger partial charge on any atom is -0.296 e. The summed E-state index contributed by atoms with van der Waals surface area (Å²) in [5.74, 6) is -0.686. The van der Waals surface area contributed by atoms with Gasteiger partial charge in [-0.25, -0.2) is 14.4 Å². The van der Waals surface area contributed by atoms with Crippen molar-refractivity contribution in [3.05, 3.63) is 65.7 Å². The molecule has 0 saturated heterocycles. The van der Waals surface area contributed by atoms with E-state index in [4.69, 9.17) is 0 Å². The van der Waals surface area contributed by atoms with Crippen LogP contribution in [-0.4, -0.2) is 31.3 Å². The van der Waals surface area contributed by atoms with Gasteiger partial charge in [0.05, 0.1) is 6.20 Å². The van der Waals surface area contributed by atoms with Crippen LogP contribution in [0.3, 0.4) is 0 Å². The first-order valence-corrected chi connectivity index (χ1v) is 10.4. The van der Waals surface area contributed by atoms with Crippen LogP contribution in [0.15, 0.2) is 74.0 Å². The molecule has 4 rings (SSSR count). The van der Waals surface area contributed by atoms with Crippen LogP contribution >= 0.6 is 34.9 Å². The number of aromatic amines is 1. The normalized spacial score (nSPS) is 10.8. The highest BCUT2D eigenvalue weighted by atomic mass is 32.2. The van der Waals surface area contributed by atoms with Gasteiger partial charge in [0.25, 0.3) is 5.91 Å². The smallest absolute Gasteiger partial charge is 0.277 e. The molecule has 3 aromatic heterocycles. The average molecular weight is 431 g/mol. The molecule has 7 nitrogen and oxygen atoms in total. The summed E-state index contributed by atoms with van der Waals surface area (Å²) >= 11 is 3.96. The van der Waals surface area contributed by atoms with E-state index < -0.39 is 0 Å². The lowest BCUT2D eigenvalue weighted by Gasteiger charge is -2.10. The van der Waals surface area contributed by atoms with Crippen LogP contribution in [0.1, 0.15) is 10.5 Å². The third-order valence-corrected chi connectivity index (χ3v) is 5.95. The Labute approximate surface area is 171 Å². The number of nitrogens with zero attached hydrogens (tertiary/aromatic N) is 4. The number of carbonyl (C=O) groups is 1. The lowest BCUT2D eigenvalue weighted by molar-refractivity contribution is 0.101. The van der Waals surface area contributed by atoms with Crippen LogP contribution in [0.25, 0.3) is 0 Å². The third-order valence-electron chi connectivity index (χ3n) is 3.35. The van der Waals surface area contributed by atoms with Gasteiger partial charge in [-0.1, -0.05) is 17.0 Å². The number of H-pyrrole nitrogens is 1. The summed E-state index contributed by atoms with van der Waals surface area (Å²) in [4.78, 5) is 22.8. The molecule has 1 amide bonds. The fourth-order valence-corrected chi connectivity index (χ4v) is 4.26. The van der Waals surface area contributed by atoms with Gasteiger partial charge >= 0.3 is 0 Å². The predicted octanol–water partition coefficient (Wildman–Crippen LogP) is 4.35. The molecule has 11 heteroatoms. The van der Waals surface area contributed by atoms with E-state index in [1.807, 2.05) is 6.07 Å². The Balaban J connectivity index is 1.64. The Hall–Kier alpha value is -2.76. The number of thiazole rings is 1. The Bertz CT molecular complexity index is 1070. The molecule has 0 radical (unpaired) electrons. The van der Waals surface area contributed by atoms with Gasteiger partial charge in [-0.2, -0.15) is 0 Å². The van der Waals surface area contributed by atoms with Crippen LogP contribution < -0.4 is 5.32 Å². The van der Waals surface area contributed by atoms with Gasteiger partial charge in [0.1, 0.15) is 21.6 Å². The Morgan fingerprint density at radius 3 is 2.71 bits per heavy atom. The van der Waals surface area contributed by atoms with Gasteiger partial charge in [-0.3, -0.25) is 15.2 Å². The monoisotopic (exact) mass is 430 g/mol. The molecule has 140 valence electrons. The summed E-state index contributed by atoms with van der Waals surface area (Å²) in [5, 5.41) is 16.5. The van der Waals surface area contributed by atoms with Gasteiger partial charge < -0.3 is 0 Å². The quantitative estimate of drug-likeness (QED) is 0.469. The maximum atomic E-state index is 13.2. The molecule has 0 fully saturated rings. The second kappa shape index (κ2) is 8.50. The highest BCUT2D eigenvalue weighted by Crippen LogP contribution is 2.33. The zero-order valence-corrected chi connectivity index (χ0v) is 16.4. The second-order valence-electron chi connectivity index (χ2n) is 5.27. The van der Waals surface area contributed by atoms with Crippen molar-refractivity contribution in [1.29, 1.82) is 0 Å². The molecule has 28 heavy (non-hydrogen) atoms. The standard InChI is InChI=1S/C17H11FN6OS3/c18-10-1-3-11(4-2-10)27-12-5-6-13(28-14-9-20-24-23-14)21-15(12)16(25)22-17-19-7-8-26-17/h1-9H,(H,19,22,25)(H,20,23,24). The van der Waals surface area contributed by atoms with Gasteiger partial charge in [0, 0.05) is 21.4 Å². The molecule has 2 N–H and O–H groups in total. The number of nitrogens with one attached hydrogen (secondary N) is 2. The molecule has 0 aliphatic rings. The Kier molecular flexibility index (Phi) is 5.65. The number of carbonyl (C=O) groups excluding carboxylic acids is 1. The summed E-state index contributed by atoms with van der Waals surface area (Å²) in [6, 6.07) is 9.67. The highest BCUT2D eigenvalue weighted by molar-refractivity contribution is 7.99. The van der Waals surface area contributed by atoms with Crippen molar-refractivity contribution in [3.63, 3.8) is 0 Å². The van der Waals surface area contributed by atoms with Crippen LogP contribution in [0.4, 0.5) is 9.52 Å². The van der Waals surface area contributed by atoms with Crippen molar-refractivity contribution < 1.29 is 9.18 Å². The predicted molar refractivity (Wildman–Crippen MR) is 105 cm³/mol. The number of pyridine rings is 1. The number of benzene rings is 1. The van der Waals surface area contributed by atoms with Crippen molar-refractivity contribution in [2.75, 3.05) is 5.32 Å². The molecular formula is C17H11FN6OS3. The molecule has 0 aliphatic heterocycles. The molecule has 0 aliphatic carbocycles. The lowest BCUT2D eigenvalue weighted by Crippen LogP contribution is -2.15. The molecule has 0 atom stereocenters. The summed E-state index contributed by atoms with van der Waals surface area (Å²) in [6.07, 6.45) is 3.18. The second-order valence-corrected chi connectivity index (χ2v) is 8.34. The zero-order chi connectivity index (χ0) is 19.3. The third kappa shape index (κ3) is 4.55. The summed E-state index contributed by atoms with van der Waals surface area (Å²) in [5.41, 5.74) is 0.252. The minimum absolute atomic E-state index is 0.252. The zero-order valence-electron chi connectivity index (χ0n) is 14.0. The van der Waals surface area contributed by atoms with E-state index in [0.717, 1.165) is 4.90 Å². The number of anilines is 1. The summed E-state index contributed by atoms with van der Waals surface area (Å²) in [7, 11) is 0. The van der Waals surface area contributed by atoms with Gasteiger partial charge in [-0.15, -0.1) is 16.4 Å². The summed E-state index contributed by atoms with van der Waals surface area (Å²) in [6.45, 7) is 0. The average Bonchev–Trinajstić information content (AvgIpc) is 3.39. The van der Waals surface area contributed by atoms with Gasteiger partial charge in [0.15, 0.2) is 5.13 Å². The Morgan fingerprint density at radius 1 is 1.14 bits per heavy atom. The lowest BCUT2D eigenvalue weighted by atomic mass is 10.3. The minimum atomic E-state index is -0.371. The number of rotatable bonds is 6. The fraction of sp³-hybridized carbons (Fsp3) is 0. The first-order valence-electron chi connectivity index (χ1n) is 7.86. The van der Waals surface area contributed by atoms with Crippen molar-refractivity contribution in [3.8, 4) is 0 Å². The molecule has 0 spiro atoms. The molecule has 3 heterocycles. The van der Waals surface area contributed by atoms with E-state index in [-0.39, 0.29) is 17.4 Å². The van der Waals surface area contributed by atoms with Crippen molar-refractivity contribution >= 4 is 45.9 Å². The van der Waals surface area contributed by atoms with Crippen molar-refractivity contribution in [2.24, 2.45) is 0 Å². The number of hydrogen-bond donors (Lipinski definition) is 2. The number of aromatic nitrogens is 5. The number of halogens is 1. The molecule has 0 unspecified atom stereocenters. The highest BCUT2D eigenvalue weighted by Gasteiger charge is 2.17. The molecule has 4 aromatic rings. The van der Waals surface area contributed by atoms with Crippen molar-refractivity contribution in [2.45, 2.75) is 19.8 Å². The maximum absolute atomic E-state index is 13.2. The van der Waals surface area contributed by atoms with E-state index in [0.29, 0.717) is 20.1 Å². The van der Waals surface area contributed by atoms with E-state index in [1.165, 1.54) is 47.0 Å². The molecular weight excluding hydrogens is 419 g/mol. The summed E-state index contributed by atoms with van der Waals surface area (Å²) < 4.78 is 13.2. The van der Waals surface area contributed by atoms with Gasteiger partial charge in [0.2, 0.25) is 0 Å². The molecule has 1 aromatic carbocycles. The topological polar surface area (TPSA) is 96.5 Å². The van der Waals surface area contributed by atoms with Crippen molar-refractivity contribution in [1.82, 2.24) is 25.4 Å².